The summed E-state index contributed by atoms with van der Waals surface area (Å²) in [5.74, 6) is -2.16. The van der Waals surface area contributed by atoms with E-state index in [2.05, 4.69) is 5.32 Å². The number of carbonyl (C=O) groups excluding carboxylic acids is 2. The first-order valence-corrected chi connectivity index (χ1v) is 9.01. The Morgan fingerprint density at radius 1 is 1.00 bits per heavy atom. The highest BCUT2D eigenvalue weighted by molar-refractivity contribution is 5.86. The first-order valence-electron chi connectivity index (χ1n) is 9.01. The molecule has 2 aromatic carbocycles. The van der Waals surface area contributed by atoms with Gasteiger partial charge in [-0.05, 0) is 29.2 Å². The molecule has 28 heavy (non-hydrogen) atoms. The molecular formula is C21H21NO6. The molecule has 0 saturated heterocycles. The van der Waals surface area contributed by atoms with Crippen molar-refractivity contribution in [1.82, 2.24) is 5.32 Å². The van der Waals surface area contributed by atoms with Gasteiger partial charge in [0.25, 0.3) is 0 Å². The molecule has 0 saturated carbocycles. The zero-order chi connectivity index (χ0) is 20.1. The number of hydrogen-bond acceptors (Lipinski definition) is 5. The smallest absolute Gasteiger partial charge is 0.407 e. The molecule has 0 unspecified atom stereocenters. The van der Waals surface area contributed by atoms with Gasteiger partial charge in [0.05, 0.1) is 13.0 Å². The summed E-state index contributed by atoms with van der Waals surface area (Å²) in [6.45, 7) is 1.76. The molecule has 2 aromatic rings. The largest absolute Gasteiger partial charge is 0.481 e. The number of carboxylic acids is 1. The molecule has 1 aliphatic carbocycles. The minimum atomic E-state index is -1.30. The fourth-order valence-corrected chi connectivity index (χ4v) is 3.39. The van der Waals surface area contributed by atoms with Crippen LogP contribution in [0.5, 0.6) is 0 Å². The van der Waals surface area contributed by atoms with Gasteiger partial charge in [0, 0.05) is 5.92 Å². The van der Waals surface area contributed by atoms with Gasteiger partial charge in [-0.25, -0.2) is 9.59 Å². The van der Waals surface area contributed by atoms with Crippen molar-refractivity contribution in [1.29, 1.82) is 0 Å². The van der Waals surface area contributed by atoms with E-state index >= 15 is 0 Å². The number of ether oxygens (including phenoxy) is 2. The molecule has 7 nitrogen and oxygen atoms in total. The van der Waals surface area contributed by atoms with Gasteiger partial charge < -0.3 is 19.9 Å². The average molecular weight is 383 g/mol. The third-order valence-corrected chi connectivity index (χ3v) is 4.59. The number of rotatable bonds is 7. The standard InChI is InChI=1S/C21H21NO6/c1-2-27-20(25)18(11-19(23)24)22-21(26)28-12-17-15-9-5-3-7-13(15)14-8-4-6-10-16(14)17/h3-10,17-18H,2,11-12H2,1H3,(H,22,26)(H,23,24)/t18-/m0/s1. The lowest BCUT2D eigenvalue weighted by molar-refractivity contribution is -0.149. The second-order valence-electron chi connectivity index (χ2n) is 6.37. The number of aliphatic carboxylic acids is 1. The molecule has 1 amide bonds. The van der Waals surface area contributed by atoms with Crippen molar-refractivity contribution in [2.45, 2.75) is 25.3 Å². The Bertz CT molecular complexity index is 848. The molecule has 7 heteroatoms. The molecule has 1 aliphatic rings. The van der Waals surface area contributed by atoms with Crippen molar-refractivity contribution in [2.75, 3.05) is 13.2 Å². The predicted molar refractivity (Wildman–Crippen MR) is 101 cm³/mol. The summed E-state index contributed by atoms with van der Waals surface area (Å²) < 4.78 is 10.1. The minimum Gasteiger partial charge on any atom is -0.481 e. The van der Waals surface area contributed by atoms with Gasteiger partial charge in [0.15, 0.2) is 0 Å². The van der Waals surface area contributed by atoms with Gasteiger partial charge in [-0.2, -0.15) is 0 Å². The lowest BCUT2D eigenvalue weighted by atomic mass is 9.98. The van der Waals surface area contributed by atoms with Crippen LogP contribution in [-0.2, 0) is 19.1 Å². The first kappa shape index (κ1) is 19.4. The van der Waals surface area contributed by atoms with Crippen LogP contribution >= 0.6 is 0 Å². The molecule has 3 rings (SSSR count). The number of nitrogens with one attached hydrogen (secondary N) is 1. The summed E-state index contributed by atoms with van der Waals surface area (Å²) in [6.07, 6.45) is -1.44. The summed E-state index contributed by atoms with van der Waals surface area (Å²) in [5.41, 5.74) is 4.32. The lowest BCUT2D eigenvalue weighted by Crippen LogP contribution is -2.43. The molecular weight excluding hydrogens is 362 g/mol. The molecule has 0 aliphatic heterocycles. The molecule has 1 atom stereocenters. The highest BCUT2D eigenvalue weighted by atomic mass is 16.6. The molecule has 0 aromatic heterocycles. The Morgan fingerprint density at radius 3 is 2.11 bits per heavy atom. The van der Waals surface area contributed by atoms with Crippen LogP contribution in [0.2, 0.25) is 0 Å². The summed E-state index contributed by atoms with van der Waals surface area (Å²) in [5, 5.41) is 11.2. The highest BCUT2D eigenvalue weighted by Gasteiger charge is 2.30. The number of alkyl carbamates (subject to hydrolysis) is 1. The minimum absolute atomic E-state index is 0.0719. The summed E-state index contributed by atoms with van der Waals surface area (Å²) in [6, 6.07) is 14.5. The van der Waals surface area contributed by atoms with Gasteiger partial charge in [-0.1, -0.05) is 48.5 Å². The van der Waals surface area contributed by atoms with Gasteiger partial charge in [-0.15, -0.1) is 0 Å². The van der Waals surface area contributed by atoms with E-state index in [1.54, 1.807) is 6.92 Å². The Hall–Kier alpha value is -3.35. The average Bonchev–Trinajstić information content (AvgIpc) is 3.00. The van der Waals surface area contributed by atoms with Crippen LogP contribution < -0.4 is 5.32 Å². The number of carbonyl (C=O) groups is 3. The monoisotopic (exact) mass is 383 g/mol. The lowest BCUT2D eigenvalue weighted by Gasteiger charge is -2.18. The van der Waals surface area contributed by atoms with Gasteiger partial charge >= 0.3 is 18.0 Å². The van der Waals surface area contributed by atoms with Crippen LogP contribution in [-0.4, -0.2) is 42.4 Å². The van der Waals surface area contributed by atoms with Crippen LogP contribution in [0.4, 0.5) is 4.79 Å². The van der Waals surface area contributed by atoms with Crippen LogP contribution in [0.1, 0.15) is 30.4 Å². The van der Waals surface area contributed by atoms with Crippen molar-refractivity contribution in [3.63, 3.8) is 0 Å². The van der Waals surface area contributed by atoms with Crippen LogP contribution in [0, 0.1) is 0 Å². The van der Waals surface area contributed by atoms with E-state index in [1.165, 1.54) is 0 Å². The summed E-state index contributed by atoms with van der Waals surface area (Å²) >= 11 is 0. The Kier molecular flexibility index (Phi) is 5.93. The van der Waals surface area contributed by atoms with Crippen LogP contribution in [0.3, 0.4) is 0 Å². The van der Waals surface area contributed by atoms with Crippen molar-refractivity contribution in [2.24, 2.45) is 0 Å². The highest BCUT2D eigenvalue weighted by Crippen LogP contribution is 2.44. The quantitative estimate of drug-likeness (QED) is 0.713. The van der Waals surface area contributed by atoms with Gasteiger partial charge in [0.2, 0.25) is 0 Å². The SMILES string of the molecule is CCOC(=O)[C@H](CC(=O)O)NC(=O)OCC1c2ccccc2-c2ccccc21. The van der Waals surface area contributed by atoms with E-state index in [4.69, 9.17) is 14.6 Å². The Labute approximate surface area is 162 Å². The number of esters is 1. The normalized spacial score (nSPS) is 13.2. The summed E-state index contributed by atoms with van der Waals surface area (Å²) in [4.78, 5) is 35.0. The Balaban J connectivity index is 1.69. The van der Waals surface area contributed by atoms with Gasteiger partial charge in [0.1, 0.15) is 12.6 Å². The number of carboxylic acid groups (broad SMARTS) is 1. The molecule has 146 valence electrons. The third kappa shape index (κ3) is 4.14. The van der Waals surface area contributed by atoms with E-state index in [1.807, 2.05) is 48.5 Å². The van der Waals surface area contributed by atoms with E-state index in [-0.39, 0.29) is 19.1 Å². The van der Waals surface area contributed by atoms with Crippen molar-refractivity contribution in [3.8, 4) is 11.1 Å². The summed E-state index contributed by atoms with van der Waals surface area (Å²) in [7, 11) is 0. The van der Waals surface area contributed by atoms with E-state index < -0.39 is 30.5 Å². The predicted octanol–water partition coefficient (Wildman–Crippen LogP) is 2.93. The number of benzene rings is 2. The number of hydrogen-bond donors (Lipinski definition) is 2. The first-order chi connectivity index (χ1) is 13.5. The molecule has 0 fully saturated rings. The molecule has 0 bridgehead atoms. The van der Waals surface area contributed by atoms with Crippen LogP contribution in [0.25, 0.3) is 11.1 Å². The molecule has 0 heterocycles. The van der Waals surface area contributed by atoms with Crippen LogP contribution in [0.15, 0.2) is 48.5 Å². The molecule has 0 radical (unpaired) electrons. The topological polar surface area (TPSA) is 102 Å². The van der Waals surface area contributed by atoms with Crippen molar-refractivity contribution in [3.05, 3.63) is 59.7 Å². The van der Waals surface area contributed by atoms with E-state index in [9.17, 15) is 14.4 Å². The number of amides is 1. The van der Waals surface area contributed by atoms with E-state index in [0.717, 1.165) is 22.3 Å². The zero-order valence-electron chi connectivity index (χ0n) is 15.4. The maximum absolute atomic E-state index is 12.2. The van der Waals surface area contributed by atoms with Crippen molar-refractivity contribution >= 4 is 18.0 Å². The van der Waals surface area contributed by atoms with Crippen molar-refractivity contribution < 1.29 is 29.0 Å². The fourth-order valence-electron chi connectivity index (χ4n) is 3.39. The Morgan fingerprint density at radius 2 is 1.57 bits per heavy atom. The van der Waals surface area contributed by atoms with E-state index in [0.29, 0.717) is 0 Å². The second-order valence-corrected chi connectivity index (χ2v) is 6.37. The fraction of sp³-hybridized carbons (Fsp3) is 0.286. The maximum Gasteiger partial charge on any atom is 0.407 e. The third-order valence-electron chi connectivity index (χ3n) is 4.59. The maximum atomic E-state index is 12.2. The van der Waals surface area contributed by atoms with Gasteiger partial charge in [-0.3, -0.25) is 4.79 Å². The molecule has 0 spiro atoms. The second kappa shape index (κ2) is 8.56. The molecule has 2 N–H and O–H groups in total. The zero-order valence-corrected chi connectivity index (χ0v) is 15.4. The number of fused-ring (bicyclic) bond motifs is 3.